The third-order valence-corrected chi connectivity index (χ3v) is 9.34. The Balaban J connectivity index is 1.21. The molecular formula is C36H34Cl2N4O2. The molecule has 2 fully saturated rings. The largest absolute Gasteiger partial charge is 0.484 e. The number of benzene rings is 4. The molecule has 2 N–H and O–H groups in total. The molecule has 44 heavy (non-hydrogen) atoms. The number of nitrogens with zero attached hydrogens (tertiary/aromatic N) is 3. The molecule has 5 aromatic rings. The van der Waals surface area contributed by atoms with E-state index in [-0.39, 0.29) is 12.5 Å². The van der Waals surface area contributed by atoms with Crippen LogP contribution < -0.4 is 15.4 Å². The number of piperidine rings is 1. The van der Waals surface area contributed by atoms with Crippen molar-refractivity contribution in [3.8, 4) is 5.75 Å². The number of carbonyl (C=O) groups is 1. The molecule has 8 heteroatoms. The topological polar surface area (TPSA) is 73.4 Å². The van der Waals surface area contributed by atoms with Crippen LogP contribution >= 0.6 is 23.2 Å². The van der Waals surface area contributed by atoms with Crippen LogP contribution in [0.1, 0.15) is 65.9 Å². The van der Waals surface area contributed by atoms with Gasteiger partial charge in [0.2, 0.25) is 0 Å². The molecule has 0 bridgehead atoms. The second kappa shape index (κ2) is 12.2. The van der Waals surface area contributed by atoms with Crippen molar-refractivity contribution < 1.29 is 9.53 Å². The van der Waals surface area contributed by atoms with E-state index < -0.39 is 5.91 Å². The van der Waals surface area contributed by atoms with E-state index in [0.717, 1.165) is 47.2 Å². The van der Waals surface area contributed by atoms with Gasteiger partial charge < -0.3 is 15.4 Å². The van der Waals surface area contributed by atoms with E-state index in [4.69, 9.17) is 38.8 Å². The molecule has 4 aromatic carbocycles. The molecule has 6 nitrogen and oxygen atoms in total. The zero-order valence-corrected chi connectivity index (χ0v) is 25.8. The lowest BCUT2D eigenvalue weighted by Crippen LogP contribution is -2.33. The average Bonchev–Trinajstić information content (AvgIpc) is 3.82. The Kier molecular flexibility index (Phi) is 7.96. The highest BCUT2D eigenvalue weighted by atomic mass is 35.5. The number of rotatable bonds is 9. The van der Waals surface area contributed by atoms with Gasteiger partial charge in [-0.15, -0.1) is 0 Å². The first-order valence-electron chi connectivity index (χ1n) is 15.2. The Labute approximate surface area is 267 Å². The Hall–Kier alpha value is -4.00. The Morgan fingerprint density at radius 3 is 2.09 bits per heavy atom. The summed E-state index contributed by atoms with van der Waals surface area (Å²) in [4.78, 5) is 13.6. The summed E-state index contributed by atoms with van der Waals surface area (Å²) in [5.74, 6) is 0.624. The minimum atomic E-state index is -0.480. The van der Waals surface area contributed by atoms with Gasteiger partial charge in [0, 0.05) is 57.8 Å². The lowest BCUT2D eigenvalue weighted by atomic mass is 9.84. The predicted molar refractivity (Wildman–Crippen MR) is 177 cm³/mol. The fraction of sp³-hybridized carbons (Fsp3) is 0.278. The van der Waals surface area contributed by atoms with Crippen molar-refractivity contribution in [1.82, 2.24) is 9.78 Å². The normalized spacial score (nSPS) is 15.7. The third-order valence-electron chi connectivity index (χ3n) is 8.84. The number of anilines is 1. The second-order valence-electron chi connectivity index (χ2n) is 11.9. The van der Waals surface area contributed by atoms with E-state index in [0.29, 0.717) is 17.7 Å². The molecule has 1 amide bonds. The van der Waals surface area contributed by atoms with Gasteiger partial charge in [-0.25, -0.2) is 0 Å². The first-order chi connectivity index (χ1) is 21.4. The molecule has 0 unspecified atom stereocenters. The molecule has 0 atom stereocenters. The minimum absolute atomic E-state index is 0.0389. The van der Waals surface area contributed by atoms with Gasteiger partial charge in [-0.1, -0.05) is 59.6 Å². The van der Waals surface area contributed by atoms with E-state index in [9.17, 15) is 4.79 Å². The summed E-state index contributed by atoms with van der Waals surface area (Å²) in [6.45, 7) is 1.74. The van der Waals surface area contributed by atoms with Crippen molar-refractivity contribution in [3.63, 3.8) is 0 Å². The van der Waals surface area contributed by atoms with Crippen molar-refractivity contribution in [1.29, 1.82) is 0 Å². The number of carbonyl (C=O) groups excluding carboxylic acids is 1. The van der Waals surface area contributed by atoms with Gasteiger partial charge >= 0.3 is 0 Å². The summed E-state index contributed by atoms with van der Waals surface area (Å²) >= 11 is 12.6. The van der Waals surface area contributed by atoms with Gasteiger partial charge in [-0.3, -0.25) is 9.48 Å². The maximum atomic E-state index is 11.2. The molecule has 2 aliphatic rings. The molecule has 1 saturated heterocycles. The molecule has 7 rings (SSSR count). The Morgan fingerprint density at radius 2 is 1.48 bits per heavy atom. The van der Waals surface area contributed by atoms with Crippen LogP contribution in [-0.2, 0) is 4.79 Å². The van der Waals surface area contributed by atoms with Crippen LogP contribution in [0.2, 0.25) is 10.0 Å². The van der Waals surface area contributed by atoms with E-state index in [1.807, 2.05) is 42.5 Å². The van der Waals surface area contributed by atoms with Crippen LogP contribution in [0.5, 0.6) is 5.75 Å². The van der Waals surface area contributed by atoms with Gasteiger partial charge in [-0.2, -0.15) is 5.10 Å². The van der Waals surface area contributed by atoms with Crippen LogP contribution in [0.4, 0.5) is 5.69 Å². The maximum absolute atomic E-state index is 11.2. The molecule has 1 aromatic heterocycles. The van der Waals surface area contributed by atoms with Crippen LogP contribution in [0, 0.1) is 0 Å². The van der Waals surface area contributed by atoms with Crippen LogP contribution in [0.15, 0.2) is 91.0 Å². The predicted octanol–water partition coefficient (Wildman–Crippen LogP) is 8.11. The number of hydrogen-bond donors (Lipinski definition) is 1. The number of halogens is 2. The number of fused-ring (bicyclic) bond motifs is 1. The summed E-state index contributed by atoms with van der Waals surface area (Å²) in [6, 6.07) is 31.5. The highest BCUT2D eigenvalue weighted by Gasteiger charge is 2.33. The van der Waals surface area contributed by atoms with Gasteiger partial charge in [-0.05, 0) is 90.9 Å². The van der Waals surface area contributed by atoms with Crippen molar-refractivity contribution in [2.75, 3.05) is 24.6 Å². The average molecular weight is 626 g/mol. The van der Waals surface area contributed by atoms with Crippen molar-refractivity contribution in [2.24, 2.45) is 5.73 Å². The quantitative estimate of drug-likeness (QED) is 0.168. The number of nitrogens with two attached hydrogens (primary N) is 1. The SMILES string of the molecule is NC(=O)COc1cccc(N2CCC(c3c4cc(C(c5ccc(Cl)cc5)c5ccc(Cl)cc5)ccc4nn3C3CC3)CC2)c1. The molecule has 224 valence electrons. The molecule has 0 radical (unpaired) electrons. The molecule has 0 spiro atoms. The lowest BCUT2D eigenvalue weighted by Gasteiger charge is -2.34. The number of amides is 1. The lowest BCUT2D eigenvalue weighted by molar-refractivity contribution is -0.119. The molecule has 1 aliphatic carbocycles. The summed E-state index contributed by atoms with van der Waals surface area (Å²) < 4.78 is 7.90. The summed E-state index contributed by atoms with van der Waals surface area (Å²) in [7, 11) is 0. The van der Waals surface area contributed by atoms with E-state index in [2.05, 4.69) is 58.1 Å². The van der Waals surface area contributed by atoms with Crippen LogP contribution in [0.3, 0.4) is 0 Å². The van der Waals surface area contributed by atoms with Crippen molar-refractivity contribution >= 4 is 45.7 Å². The molecule has 1 aliphatic heterocycles. The van der Waals surface area contributed by atoms with E-state index in [1.54, 1.807) is 0 Å². The fourth-order valence-electron chi connectivity index (χ4n) is 6.55. The molecule has 1 saturated carbocycles. The summed E-state index contributed by atoms with van der Waals surface area (Å²) in [5, 5.41) is 7.86. The number of ether oxygens (including phenoxy) is 1. The summed E-state index contributed by atoms with van der Waals surface area (Å²) in [6.07, 6.45) is 4.43. The second-order valence-corrected chi connectivity index (χ2v) is 12.8. The standard InChI is InChI=1S/C36H34Cl2N4O2/c37-27-9-4-23(5-10-27)35(24-6-11-28(38)12-7-24)26-8-15-33-32(20-26)36(42(40-33)29-13-14-29)25-16-18-41(19-17-25)30-2-1-3-31(21-30)44-22-34(39)43/h1-12,15,20-21,25,29,35H,13-14,16-19,22H2,(H2,39,43). The van der Waals surface area contributed by atoms with Gasteiger partial charge in [0.15, 0.2) is 6.61 Å². The maximum Gasteiger partial charge on any atom is 0.255 e. The Morgan fingerprint density at radius 1 is 0.841 bits per heavy atom. The monoisotopic (exact) mass is 624 g/mol. The number of hydrogen-bond acceptors (Lipinski definition) is 4. The van der Waals surface area contributed by atoms with Crippen LogP contribution in [0.25, 0.3) is 10.9 Å². The minimum Gasteiger partial charge on any atom is -0.484 e. The zero-order chi connectivity index (χ0) is 30.2. The molecular weight excluding hydrogens is 591 g/mol. The van der Waals surface area contributed by atoms with Crippen molar-refractivity contribution in [2.45, 2.75) is 43.6 Å². The molecule has 2 heterocycles. The summed E-state index contributed by atoms with van der Waals surface area (Å²) in [5.41, 5.74) is 12.4. The highest BCUT2D eigenvalue weighted by Crippen LogP contribution is 2.44. The number of aromatic nitrogens is 2. The third kappa shape index (κ3) is 6.01. The first-order valence-corrected chi connectivity index (χ1v) is 16.0. The first kappa shape index (κ1) is 28.8. The van der Waals surface area contributed by atoms with Gasteiger partial charge in [0.05, 0.1) is 11.6 Å². The zero-order valence-electron chi connectivity index (χ0n) is 24.3. The fourth-order valence-corrected chi connectivity index (χ4v) is 6.80. The van der Waals surface area contributed by atoms with Gasteiger partial charge in [0.25, 0.3) is 5.91 Å². The highest BCUT2D eigenvalue weighted by molar-refractivity contribution is 6.30. The van der Waals surface area contributed by atoms with Gasteiger partial charge in [0.1, 0.15) is 5.75 Å². The number of primary amides is 1. The smallest absolute Gasteiger partial charge is 0.255 e. The Bertz CT molecular complexity index is 1740. The van der Waals surface area contributed by atoms with Crippen molar-refractivity contribution in [3.05, 3.63) is 123 Å². The van der Waals surface area contributed by atoms with Crippen LogP contribution in [-0.4, -0.2) is 35.4 Å². The van der Waals surface area contributed by atoms with E-state index >= 15 is 0 Å². The van der Waals surface area contributed by atoms with E-state index in [1.165, 1.54) is 40.6 Å².